The molecular weight excluding hydrogens is 282 g/mol. The molecule has 0 aromatic heterocycles. The normalized spacial score (nSPS) is 8.57. The first-order valence-electron chi connectivity index (χ1n) is 5.23. The van der Waals surface area contributed by atoms with Crippen LogP contribution in [0.1, 0.15) is 11.1 Å². The van der Waals surface area contributed by atoms with Crippen molar-refractivity contribution in [1.82, 2.24) is 0 Å². The van der Waals surface area contributed by atoms with Crippen LogP contribution in [0.15, 0.2) is 12.1 Å². The van der Waals surface area contributed by atoms with Gasteiger partial charge in [0.25, 0.3) is 0 Å². The first kappa shape index (κ1) is 17.6. The van der Waals surface area contributed by atoms with Crippen LogP contribution in [-0.2, 0) is 14.4 Å². The van der Waals surface area contributed by atoms with Crippen molar-refractivity contribution in [3.8, 4) is 6.07 Å². The molecule has 0 fully saturated rings. The van der Waals surface area contributed by atoms with Crippen molar-refractivity contribution in [2.24, 2.45) is 0 Å². The summed E-state index contributed by atoms with van der Waals surface area (Å²) in [6, 6.07) is 4.31. The number of carboxylic acid groups (broad SMARTS) is 2. The number of aliphatic carboxylic acids is 1. The molecule has 0 radical (unpaired) electrons. The average molecular weight is 293 g/mol. The third-order valence-electron chi connectivity index (χ3n) is 2.22. The minimum atomic E-state index is -1.69. The second-order valence-corrected chi connectivity index (χ2v) is 3.50. The van der Waals surface area contributed by atoms with Gasteiger partial charge >= 0.3 is 18.0 Å². The Labute approximate surface area is 118 Å². The summed E-state index contributed by atoms with van der Waals surface area (Å²) in [5, 5.41) is 30.1. The number of amides is 2. The fraction of sp³-hybridized carbons (Fsp3) is 0.0833. The Morgan fingerprint density at radius 1 is 1.14 bits per heavy atom. The fourth-order valence-electron chi connectivity index (χ4n) is 1.33. The Kier molecular flexibility index (Phi) is 6.62. The summed E-state index contributed by atoms with van der Waals surface area (Å²) < 4.78 is 0. The lowest BCUT2D eigenvalue weighted by molar-refractivity contribution is -0.147. The standard InChI is InChI=1S/C11H9N3O5.CH2O/c1-5-7(13-9(15)10(16)17)2-6(4-12)3-8(5)14-11(18)19;1-2/h2-3,14H,1H3,(H,13,15)(H,16,17)(H,18,19);1H2. The summed E-state index contributed by atoms with van der Waals surface area (Å²) in [5.74, 6) is -2.96. The van der Waals surface area contributed by atoms with Gasteiger partial charge in [0, 0.05) is 5.69 Å². The first-order chi connectivity index (χ1) is 9.85. The maximum Gasteiger partial charge on any atom is 0.409 e. The van der Waals surface area contributed by atoms with Crippen LogP contribution in [0.4, 0.5) is 16.2 Å². The van der Waals surface area contributed by atoms with Crippen LogP contribution < -0.4 is 10.6 Å². The number of carbonyl (C=O) groups is 4. The number of hydrogen-bond acceptors (Lipinski definition) is 5. The lowest BCUT2D eigenvalue weighted by Gasteiger charge is -2.12. The second kappa shape index (κ2) is 7.90. The van der Waals surface area contributed by atoms with Crippen molar-refractivity contribution in [3.63, 3.8) is 0 Å². The second-order valence-electron chi connectivity index (χ2n) is 3.50. The number of rotatable bonds is 2. The van der Waals surface area contributed by atoms with E-state index in [0.29, 0.717) is 5.56 Å². The summed E-state index contributed by atoms with van der Waals surface area (Å²) in [7, 11) is 0. The molecule has 0 saturated heterocycles. The maximum absolute atomic E-state index is 11.1. The van der Waals surface area contributed by atoms with Gasteiger partial charge in [-0.25, -0.2) is 9.59 Å². The Morgan fingerprint density at radius 3 is 2.00 bits per heavy atom. The van der Waals surface area contributed by atoms with E-state index in [-0.39, 0.29) is 16.9 Å². The Balaban J connectivity index is 0.00000191. The van der Waals surface area contributed by atoms with E-state index in [1.165, 1.54) is 19.1 Å². The average Bonchev–Trinajstić information content (AvgIpc) is 2.44. The molecule has 1 rings (SSSR count). The Morgan fingerprint density at radius 2 is 1.62 bits per heavy atom. The molecule has 0 heterocycles. The quantitative estimate of drug-likeness (QED) is 0.587. The van der Waals surface area contributed by atoms with Crippen molar-refractivity contribution >= 4 is 36.1 Å². The van der Waals surface area contributed by atoms with Gasteiger partial charge in [-0.15, -0.1) is 0 Å². The number of carbonyl (C=O) groups excluding carboxylic acids is 2. The molecule has 0 aliphatic rings. The lowest BCUT2D eigenvalue weighted by Crippen LogP contribution is -2.22. The van der Waals surface area contributed by atoms with Gasteiger partial charge in [-0.05, 0) is 24.6 Å². The van der Waals surface area contributed by atoms with E-state index in [9.17, 15) is 14.4 Å². The highest BCUT2D eigenvalue weighted by Crippen LogP contribution is 2.25. The third kappa shape index (κ3) is 4.99. The van der Waals surface area contributed by atoms with Gasteiger partial charge in [-0.2, -0.15) is 5.26 Å². The van der Waals surface area contributed by atoms with E-state index in [1.807, 2.05) is 6.79 Å². The molecule has 0 saturated carbocycles. The molecule has 1 aromatic rings. The van der Waals surface area contributed by atoms with E-state index in [0.717, 1.165) is 0 Å². The van der Waals surface area contributed by atoms with Crippen LogP contribution in [0.5, 0.6) is 0 Å². The molecule has 4 N–H and O–H groups in total. The van der Waals surface area contributed by atoms with E-state index in [4.69, 9.17) is 20.3 Å². The number of carboxylic acids is 1. The fourth-order valence-corrected chi connectivity index (χ4v) is 1.33. The van der Waals surface area contributed by atoms with Crippen molar-refractivity contribution in [1.29, 1.82) is 5.26 Å². The van der Waals surface area contributed by atoms with Gasteiger partial charge in [-0.3, -0.25) is 10.1 Å². The van der Waals surface area contributed by atoms with Crippen LogP contribution in [0.25, 0.3) is 0 Å². The minimum absolute atomic E-state index is 0.0511. The zero-order valence-corrected chi connectivity index (χ0v) is 10.8. The molecule has 21 heavy (non-hydrogen) atoms. The highest BCUT2D eigenvalue weighted by atomic mass is 16.4. The molecule has 9 nitrogen and oxygen atoms in total. The molecule has 9 heteroatoms. The van der Waals surface area contributed by atoms with Crippen molar-refractivity contribution in [2.45, 2.75) is 6.92 Å². The zero-order valence-electron chi connectivity index (χ0n) is 10.8. The predicted octanol–water partition coefficient (Wildman–Crippen LogP) is 0.795. The smallest absolute Gasteiger partial charge is 0.409 e. The first-order valence-corrected chi connectivity index (χ1v) is 5.23. The van der Waals surface area contributed by atoms with Gasteiger partial charge in [-0.1, -0.05) is 0 Å². The topological polar surface area (TPSA) is 157 Å². The molecule has 0 bridgehead atoms. The number of nitriles is 1. The van der Waals surface area contributed by atoms with Gasteiger partial charge in [0.15, 0.2) is 0 Å². The number of benzene rings is 1. The van der Waals surface area contributed by atoms with Crippen molar-refractivity contribution in [2.75, 3.05) is 10.6 Å². The van der Waals surface area contributed by atoms with Crippen LogP contribution in [-0.4, -0.2) is 35.0 Å². The minimum Gasteiger partial charge on any atom is -0.474 e. The molecule has 0 unspecified atom stereocenters. The van der Waals surface area contributed by atoms with Gasteiger partial charge in [0.1, 0.15) is 6.79 Å². The molecule has 0 aliphatic carbocycles. The van der Waals surface area contributed by atoms with Crippen LogP contribution in [0.3, 0.4) is 0 Å². The Bertz CT molecular complexity index is 620. The largest absolute Gasteiger partial charge is 0.474 e. The zero-order chi connectivity index (χ0) is 16.6. The summed E-state index contributed by atoms with van der Waals surface area (Å²) >= 11 is 0. The molecular formula is C12H11N3O6. The van der Waals surface area contributed by atoms with Gasteiger partial charge < -0.3 is 20.3 Å². The molecule has 1 aromatic carbocycles. The molecule has 2 amide bonds. The number of nitrogens with one attached hydrogen (secondary N) is 2. The SMILES string of the molecule is C=O.Cc1c(NC(=O)O)cc(C#N)cc1NC(=O)C(=O)O. The predicted molar refractivity (Wildman–Crippen MR) is 70.9 cm³/mol. The van der Waals surface area contributed by atoms with Gasteiger partial charge in [0.2, 0.25) is 0 Å². The monoisotopic (exact) mass is 293 g/mol. The van der Waals surface area contributed by atoms with Gasteiger partial charge in [0.05, 0.1) is 17.3 Å². The van der Waals surface area contributed by atoms with Crippen LogP contribution in [0, 0.1) is 18.3 Å². The number of nitrogens with zero attached hydrogens (tertiary/aromatic N) is 1. The van der Waals surface area contributed by atoms with Crippen molar-refractivity contribution < 1.29 is 29.4 Å². The summed E-state index contributed by atoms with van der Waals surface area (Å²) in [5.41, 5.74) is 0.522. The van der Waals surface area contributed by atoms with E-state index < -0.39 is 18.0 Å². The Hall–Kier alpha value is -3.41. The maximum atomic E-state index is 11.1. The van der Waals surface area contributed by atoms with E-state index in [1.54, 1.807) is 6.07 Å². The summed E-state index contributed by atoms with van der Waals surface area (Å²) in [6.07, 6.45) is -1.34. The summed E-state index contributed by atoms with van der Waals surface area (Å²) in [4.78, 5) is 40.1. The third-order valence-corrected chi connectivity index (χ3v) is 2.22. The molecule has 0 atom stereocenters. The highest BCUT2D eigenvalue weighted by Gasteiger charge is 2.15. The van der Waals surface area contributed by atoms with E-state index in [2.05, 4.69) is 10.6 Å². The lowest BCUT2D eigenvalue weighted by atomic mass is 10.1. The molecule has 0 spiro atoms. The molecule has 0 aliphatic heterocycles. The van der Waals surface area contributed by atoms with E-state index >= 15 is 0 Å². The van der Waals surface area contributed by atoms with Crippen molar-refractivity contribution in [3.05, 3.63) is 23.3 Å². The van der Waals surface area contributed by atoms with Crippen LogP contribution in [0.2, 0.25) is 0 Å². The summed E-state index contributed by atoms with van der Waals surface area (Å²) in [6.45, 7) is 3.48. The highest BCUT2D eigenvalue weighted by molar-refractivity contribution is 6.36. The number of hydrogen-bond donors (Lipinski definition) is 4. The molecule has 110 valence electrons. The van der Waals surface area contributed by atoms with Crippen LogP contribution >= 0.6 is 0 Å². The number of anilines is 2.